The molecule has 1 aromatic carbocycles. The highest BCUT2D eigenvalue weighted by Gasteiger charge is 2.42. The number of rotatable bonds is 3. The lowest BCUT2D eigenvalue weighted by atomic mass is 9.87. The Bertz CT molecular complexity index is 759. The number of nitrogens with zero attached hydrogens (tertiary/aromatic N) is 2. The molecule has 142 valence electrons. The fourth-order valence-corrected chi connectivity index (χ4v) is 3.21. The van der Waals surface area contributed by atoms with Gasteiger partial charge in [-0.05, 0) is 50.2 Å². The Balaban J connectivity index is 0.00000243. The first-order valence-electron chi connectivity index (χ1n) is 7.72. The standard InChI is InChI=1S/C16H16ClF3N4O.ClH/c17-13-3-2-11(10-12(13)16(18,19)20)23-14(25)15(4-7-21-8-5-15)24-9-1-6-22-24;/h1-3,6,9-10,21H,4-5,7-8H2,(H,23,25);1H. The average molecular weight is 409 g/mol. The van der Waals surface area contributed by atoms with Crippen molar-refractivity contribution in [1.82, 2.24) is 15.1 Å². The summed E-state index contributed by atoms with van der Waals surface area (Å²) in [7, 11) is 0. The van der Waals surface area contributed by atoms with Gasteiger partial charge in [-0.2, -0.15) is 18.3 Å². The van der Waals surface area contributed by atoms with Crippen molar-refractivity contribution in [1.29, 1.82) is 0 Å². The Kier molecular flexibility index (Phi) is 6.21. The minimum absolute atomic E-state index is 0. The molecule has 1 fully saturated rings. The van der Waals surface area contributed by atoms with Crippen molar-refractivity contribution >= 4 is 35.6 Å². The molecule has 5 nitrogen and oxygen atoms in total. The van der Waals surface area contributed by atoms with E-state index in [-0.39, 0.29) is 18.1 Å². The summed E-state index contributed by atoms with van der Waals surface area (Å²) < 4.78 is 40.6. The largest absolute Gasteiger partial charge is 0.417 e. The summed E-state index contributed by atoms with van der Waals surface area (Å²) in [5.74, 6) is -0.395. The molecule has 0 radical (unpaired) electrons. The molecule has 2 heterocycles. The van der Waals surface area contributed by atoms with E-state index in [1.807, 2.05) is 0 Å². The average Bonchev–Trinajstić information content (AvgIpc) is 3.11. The van der Waals surface area contributed by atoms with E-state index in [1.165, 1.54) is 6.07 Å². The molecular weight excluding hydrogens is 392 g/mol. The van der Waals surface area contributed by atoms with E-state index in [0.29, 0.717) is 25.9 Å². The number of carbonyl (C=O) groups excluding carboxylic acids is 1. The number of aromatic nitrogens is 2. The van der Waals surface area contributed by atoms with E-state index >= 15 is 0 Å². The van der Waals surface area contributed by atoms with Gasteiger partial charge in [0.2, 0.25) is 0 Å². The zero-order chi connectivity index (χ0) is 18.1. The van der Waals surface area contributed by atoms with Crippen molar-refractivity contribution in [3.63, 3.8) is 0 Å². The van der Waals surface area contributed by atoms with Crippen molar-refractivity contribution in [2.45, 2.75) is 24.6 Å². The molecule has 0 bridgehead atoms. The lowest BCUT2D eigenvalue weighted by Crippen LogP contribution is -2.52. The van der Waals surface area contributed by atoms with E-state index in [0.717, 1.165) is 12.1 Å². The van der Waals surface area contributed by atoms with E-state index in [4.69, 9.17) is 11.6 Å². The van der Waals surface area contributed by atoms with Gasteiger partial charge in [0.05, 0.1) is 10.6 Å². The maximum atomic E-state index is 13.0. The number of alkyl halides is 3. The van der Waals surface area contributed by atoms with Gasteiger partial charge in [-0.1, -0.05) is 11.6 Å². The first kappa shape index (κ1) is 20.5. The number of benzene rings is 1. The van der Waals surface area contributed by atoms with Crippen molar-refractivity contribution in [3.8, 4) is 0 Å². The van der Waals surface area contributed by atoms with Crippen LogP contribution in [0.5, 0.6) is 0 Å². The Labute approximate surface area is 159 Å². The topological polar surface area (TPSA) is 59.0 Å². The molecule has 1 aliphatic rings. The molecule has 0 saturated carbocycles. The predicted octanol–water partition coefficient (Wildman–Crippen LogP) is 3.69. The molecule has 1 saturated heterocycles. The number of amides is 1. The van der Waals surface area contributed by atoms with Gasteiger partial charge < -0.3 is 10.6 Å². The van der Waals surface area contributed by atoms with E-state index in [9.17, 15) is 18.0 Å². The maximum absolute atomic E-state index is 13.0. The summed E-state index contributed by atoms with van der Waals surface area (Å²) in [5.41, 5.74) is -1.87. The number of hydrogen-bond donors (Lipinski definition) is 2. The highest BCUT2D eigenvalue weighted by atomic mass is 35.5. The maximum Gasteiger partial charge on any atom is 0.417 e. The van der Waals surface area contributed by atoms with Crippen LogP contribution >= 0.6 is 24.0 Å². The monoisotopic (exact) mass is 408 g/mol. The number of anilines is 1. The predicted molar refractivity (Wildman–Crippen MR) is 94.6 cm³/mol. The van der Waals surface area contributed by atoms with Crippen LogP contribution in [0.3, 0.4) is 0 Å². The summed E-state index contributed by atoms with van der Waals surface area (Å²) in [6, 6.07) is 5.04. The van der Waals surface area contributed by atoms with Crippen LogP contribution in [-0.2, 0) is 16.5 Å². The van der Waals surface area contributed by atoms with Crippen LogP contribution in [0, 0.1) is 0 Å². The number of hydrogen-bond acceptors (Lipinski definition) is 3. The molecule has 2 aromatic rings. The lowest BCUT2D eigenvalue weighted by Gasteiger charge is -2.36. The van der Waals surface area contributed by atoms with Crippen LogP contribution < -0.4 is 10.6 Å². The van der Waals surface area contributed by atoms with Crippen LogP contribution in [0.25, 0.3) is 0 Å². The number of nitrogens with one attached hydrogen (secondary N) is 2. The molecule has 10 heteroatoms. The van der Waals surface area contributed by atoms with Gasteiger partial charge in [-0.25, -0.2) is 0 Å². The Morgan fingerprint density at radius 3 is 2.58 bits per heavy atom. The summed E-state index contributed by atoms with van der Waals surface area (Å²) in [4.78, 5) is 12.9. The minimum atomic E-state index is -4.59. The third kappa shape index (κ3) is 3.97. The molecule has 0 spiro atoms. The van der Waals surface area contributed by atoms with Crippen molar-refractivity contribution in [2.24, 2.45) is 0 Å². The van der Waals surface area contributed by atoms with E-state index in [2.05, 4.69) is 15.7 Å². The molecule has 0 unspecified atom stereocenters. The zero-order valence-corrected chi connectivity index (χ0v) is 15.1. The van der Waals surface area contributed by atoms with Gasteiger partial charge >= 0.3 is 6.18 Å². The van der Waals surface area contributed by atoms with Crippen LogP contribution in [-0.4, -0.2) is 28.8 Å². The smallest absolute Gasteiger partial charge is 0.324 e. The second-order valence-electron chi connectivity index (χ2n) is 5.88. The molecule has 0 atom stereocenters. The summed E-state index contributed by atoms with van der Waals surface area (Å²) in [6.45, 7) is 1.23. The second-order valence-corrected chi connectivity index (χ2v) is 6.29. The molecule has 1 amide bonds. The molecule has 3 rings (SSSR count). The molecular formula is C16H17Cl2F3N4O. The Hall–Kier alpha value is -1.77. The Morgan fingerprint density at radius 2 is 2.00 bits per heavy atom. The summed E-state index contributed by atoms with van der Waals surface area (Å²) >= 11 is 5.62. The Morgan fingerprint density at radius 1 is 1.31 bits per heavy atom. The highest BCUT2D eigenvalue weighted by molar-refractivity contribution is 6.31. The molecule has 1 aromatic heterocycles. The van der Waals surface area contributed by atoms with Crippen LogP contribution in [0.2, 0.25) is 5.02 Å². The van der Waals surface area contributed by atoms with Crippen molar-refractivity contribution in [3.05, 3.63) is 47.2 Å². The molecule has 1 aliphatic heterocycles. The molecule has 2 N–H and O–H groups in total. The third-order valence-electron chi connectivity index (χ3n) is 4.33. The normalized spacial score (nSPS) is 16.6. The first-order chi connectivity index (χ1) is 11.8. The van der Waals surface area contributed by atoms with E-state index in [1.54, 1.807) is 23.1 Å². The van der Waals surface area contributed by atoms with Crippen molar-refractivity contribution < 1.29 is 18.0 Å². The van der Waals surface area contributed by atoms with Crippen LogP contribution in [0.15, 0.2) is 36.7 Å². The SMILES string of the molecule is Cl.O=C(Nc1ccc(Cl)c(C(F)(F)F)c1)C1(n2cccn2)CCNCC1. The van der Waals surface area contributed by atoms with Crippen molar-refractivity contribution in [2.75, 3.05) is 18.4 Å². The lowest BCUT2D eigenvalue weighted by molar-refractivity contribution is -0.137. The minimum Gasteiger partial charge on any atom is -0.324 e. The van der Waals surface area contributed by atoms with Crippen LogP contribution in [0.4, 0.5) is 18.9 Å². The first-order valence-corrected chi connectivity index (χ1v) is 8.10. The number of piperidine rings is 1. The zero-order valence-electron chi connectivity index (χ0n) is 13.5. The summed E-state index contributed by atoms with van der Waals surface area (Å²) in [6.07, 6.45) is -0.359. The quantitative estimate of drug-likeness (QED) is 0.813. The fraction of sp³-hybridized carbons (Fsp3) is 0.375. The third-order valence-corrected chi connectivity index (χ3v) is 4.66. The van der Waals surface area contributed by atoms with Gasteiger partial charge in [0, 0.05) is 18.1 Å². The van der Waals surface area contributed by atoms with Gasteiger partial charge in [0.15, 0.2) is 0 Å². The van der Waals surface area contributed by atoms with Gasteiger partial charge in [-0.15, -0.1) is 12.4 Å². The highest BCUT2D eigenvalue weighted by Crippen LogP contribution is 2.37. The van der Waals surface area contributed by atoms with Gasteiger partial charge in [0.1, 0.15) is 5.54 Å². The second kappa shape index (κ2) is 7.85. The van der Waals surface area contributed by atoms with Gasteiger partial charge in [0.25, 0.3) is 5.91 Å². The van der Waals surface area contributed by atoms with E-state index < -0.39 is 28.2 Å². The molecule has 26 heavy (non-hydrogen) atoms. The molecule has 0 aliphatic carbocycles. The van der Waals surface area contributed by atoms with Crippen LogP contribution in [0.1, 0.15) is 18.4 Å². The van der Waals surface area contributed by atoms with Gasteiger partial charge in [-0.3, -0.25) is 9.48 Å². The summed E-state index contributed by atoms with van der Waals surface area (Å²) in [5, 5.41) is 9.53. The number of carbonyl (C=O) groups is 1. The number of halogens is 5. The fourth-order valence-electron chi connectivity index (χ4n) is 2.99.